The van der Waals surface area contributed by atoms with Gasteiger partial charge in [0.25, 0.3) is 0 Å². The first kappa shape index (κ1) is 9.47. The minimum Gasteiger partial charge on any atom is -0.298 e. The number of carbonyl (C=O) groups is 1. The lowest BCUT2D eigenvalue weighted by Crippen LogP contribution is -2.04. The fourth-order valence-corrected chi connectivity index (χ4v) is 2.11. The van der Waals surface area contributed by atoms with Gasteiger partial charge in [0.1, 0.15) is 6.29 Å². The van der Waals surface area contributed by atoms with Gasteiger partial charge in [0, 0.05) is 5.02 Å². The molecule has 0 aliphatic heterocycles. The minimum absolute atomic E-state index is 0.770. The van der Waals surface area contributed by atoms with Crippen LogP contribution in [0.4, 0.5) is 0 Å². The van der Waals surface area contributed by atoms with Gasteiger partial charge >= 0.3 is 0 Å². The first-order valence-corrected chi connectivity index (χ1v) is 5.04. The molecule has 1 aromatic rings. The molecule has 0 aromatic heterocycles. The number of carbonyl (C=O) groups excluding carboxylic acids is 1. The maximum atomic E-state index is 10.8. The lowest BCUT2D eigenvalue weighted by molar-refractivity contribution is -0.105. The summed E-state index contributed by atoms with van der Waals surface area (Å²) in [4.78, 5) is 10.8. The van der Waals surface area contributed by atoms with Crippen molar-refractivity contribution < 1.29 is 4.79 Å². The SMILES string of the molecule is CC1=C(C=O)CCc2cc(Cl)ccc21. The molecule has 0 spiro atoms. The van der Waals surface area contributed by atoms with Crippen molar-refractivity contribution in [3.05, 3.63) is 39.9 Å². The smallest absolute Gasteiger partial charge is 0.146 e. The predicted molar refractivity (Wildman–Crippen MR) is 58.4 cm³/mol. The quantitative estimate of drug-likeness (QED) is 0.645. The molecule has 0 saturated heterocycles. The lowest BCUT2D eigenvalue weighted by Gasteiger charge is -2.18. The molecule has 14 heavy (non-hydrogen) atoms. The summed E-state index contributed by atoms with van der Waals surface area (Å²) < 4.78 is 0. The van der Waals surface area contributed by atoms with E-state index >= 15 is 0 Å². The van der Waals surface area contributed by atoms with Crippen LogP contribution in [0, 0.1) is 0 Å². The highest BCUT2D eigenvalue weighted by molar-refractivity contribution is 6.30. The Bertz CT molecular complexity index is 418. The molecular formula is C12H11ClO. The molecule has 2 heteroatoms. The van der Waals surface area contributed by atoms with Crippen molar-refractivity contribution in [3.8, 4) is 0 Å². The van der Waals surface area contributed by atoms with E-state index in [0.717, 1.165) is 35.3 Å². The maximum absolute atomic E-state index is 10.8. The molecule has 1 aliphatic carbocycles. The van der Waals surface area contributed by atoms with Crippen LogP contribution in [-0.4, -0.2) is 6.29 Å². The second-order valence-corrected chi connectivity index (χ2v) is 4.01. The van der Waals surface area contributed by atoms with E-state index in [0.29, 0.717) is 0 Å². The molecule has 0 radical (unpaired) electrons. The summed E-state index contributed by atoms with van der Waals surface area (Å²) in [6.07, 6.45) is 2.72. The predicted octanol–water partition coefficient (Wildman–Crippen LogP) is 3.26. The minimum atomic E-state index is 0.770. The van der Waals surface area contributed by atoms with Gasteiger partial charge < -0.3 is 0 Å². The standard InChI is InChI=1S/C12H11ClO/c1-8-10(7-14)3-2-9-6-11(13)4-5-12(8)9/h4-7H,2-3H2,1H3. The molecule has 0 atom stereocenters. The zero-order valence-electron chi connectivity index (χ0n) is 8.01. The Morgan fingerprint density at radius 2 is 2.14 bits per heavy atom. The first-order valence-electron chi connectivity index (χ1n) is 4.66. The summed E-state index contributed by atoms with van der Waals surface area (Å²) in [6.45, 7) is 2.00. The van der Waals surface area contributed by atoms with Crippen LogP contribution >= 0.6 is 11.6 Å². The van der Waals surface area contributed by atoms with Gasteiger partial charge in [-0.05, 0) is 54.2 Å². The zero-order valence-corrected chi connectivity index (χ0v) is 8.77. The zero-order chi connectivity index (χ0) is 10.1. The van der Waals surface area contributed by atoms with E-state index in [2.05, 4.69) is 0 Å². The Labute approximate surface area is 88.4 Å². The van der Waals surface area contributed by atoms with Crippen LogP contribution in [0.15, 0.2) is 23.8 Å². The highest BCUT2D eigenvalue weighted by Gasteiger charge is 2.15. The van der Waals surface area contributed by atoms with Crippen LogP contribution in [0.25, 0.3) is 5.57 Å². The number of hydrogen-bond acceptors (Lipinski definition) is 1. The van der Waals surface area contributed by atoms with Crippen molar-refractivity contribution >= 4 is 23.5 Å². The largest absolute Gasteiger partial charge is 0.298 e. The molecule has 72 valence electrons. The normalized spacial score (nSPS) is 15.3. The summed E-state index contributed by atoms with van der Waals surface area (Å²) in [5.74, 6) is 0. The Kier molecular flexibility index (Phi) is 2.42. The topological polar surface area (TPSA) is 17.1 Å². The molecule has 0 bridgehead atoms. The maximum Gasteiger partial charge on any atom is 0.146 e. The Morgan fingerprint density at radius 3 is 2.86 bits per heavy atom. The number of rotatable bonds is 1. The van der Waals surface area contributed by atoms with E-state index in [4.69, 9.17) is 11.6 Å². The van der Waals surface area contributed by atoms with E-state index in [9.17, 15) is 4.79 Å². The van der Waals surface area contributed by atoms with Crippen molar-refractivity contribution in [1.29, 1.82) is 0 Å². The van der Waals surface area contributed by atoms with E-state index in [1.54, 1.807) is 0 Å². The van der Waals surface area contributed by atoms with E-state index in [-0.39, 0.29) is 0 Å². The van der Waals surface area contributed by atoms with Gasteiger partial charge in [0.15, 0.2) is 0 Å². The Morgan fingerprint density at radius 1 is 1.36 bits per heavy atom. The number of halogens is 1. The van der Waals surface area contributed by atoms with E-state index in [1.807, 2.05) is 25.1 Å². The Hall–Kier alpha value is -1.08. The van der Waals surface area contributed by atoms with Crippen LogP contribution in [0.3, 0.4) is 0 Å². The molecule has 1 aromatic carbocycles. The molecular weight excluding hydrogens is 196 g/mol. The fourth-order valence-electron chi connectivity index (χ4n) is 1.91. The number of aldehydes is 1. The number of hydrogen-bond donors (Lipinski definition) is 0. The molecule has 0 heterocycles. The Balaban J connectivity index is 2.58. The highest BCUT2D eigenvalue weighted by atomic mass is 35.5. The van der Waals surface area contributed by atoms with Gasteiger partial charge in [-0.2, -0.15) is 0 Å². The molecule has 0 saturated carbocycles. The second kappa shape index (κ2) is 3.58. The average Bonchev–Trinajstić information content (AvgIpc) is 2.18. The third-order valence-corrected chi connectivity index (χ3v) is 2.99. The van der Waals surface area contributed by atoms with Crippen LogP contribution in [0.2, 0.25) is 5.02 Å². The van der Waals surface area contributed by atoms with Crippen molar-refractivity contribution in [3.63, 3.8) is 0 Å². The third kappa shape index (κ3) is 1.48. The summed E-state index contributed by atoms with van der Waals surface area (Å²) in [5, 5.41) is 0.770. The van der Waals surface area contributed by atoms with Crippen LogP contribution in [0.1, 0.15) is 24.5 Å². The molecule has 1 nitrogen and oxygen atoms in total. The molecule has 0 unspecified atom stereocenters. The summed E-state index contributed by atoms with van der Waals surface area (Å²) in [5.41, 5.74) is 4.43. The summed E-state index contributed by atoms with van der Waals surface area (Å²) >= 11 is 5.91. The van der Waals surface area contributed by atoms with Gasteiger partial charge in [-0.1, -0.05) is 17.7 Å². The fraction of sp³-hybridized carbons (Fsp3) is 0.250. The van der Waals surface area contributed by atoms with E-state index in [1.165, 1.54) is 11.1 Å². The van der Waals surface area contributed by atoms with Crippen molar-refractivity contribution in [2.45, 2.75) is 19.8 Å². The number of allylic oxidation sites excluding steroid dienone is 2. The van der Waals surface area contributed by atoms with Gasteiger partial charge in [0.2, 0.25) is 0 Å². The van der Waals surface area contributed by atoms with Crippen LogP contribution < -0.4 is 0 Å². The highest BCUT2D eigenvalue weighted by Crippen LogP contribution is 2.31. The third-order valence-electron chi connectivity index (χ3n) is 2.76. The average molecular weight is 207 g/mol. The van der Waals surface area contributed by atoms with Gasteiger partial charge in [-0.15, -0.1) is 0 Å². The number of fused-ring (bicyclic) bond motifs is 1. The van der Waals surface area contributed by atoms with Gasteiger partial charge in [0.05, 0.1) is 0 Å². The first-order chi connectivity index (χ1) is 6.72. The van der Waals surface area contributed by atoms with Crippen molar-refractivity contribution in [2.24, 2.45) is 0 Å². The molecule has 0 N–H and O–H groups in total. The molecule has 0 fully saturated rings. The number of aryl methyl sites for hydroxylation is 1. The van der Waals surface area contributed by atoms with Crippen LogP contribution in [-0.2, 0) is 11.2 Å². The van der Waals surface area contributed by atoms with Gasteiger partial charge in [-0.25, -0.2) is 0 Å². The second-order valence-electron chi connectivity index (χ2n) is 3.57. The van der Waals surface area contributed by atoms with Crippen molar-refractivity contribution in [2.75, 3.05) is 0 Å². The molecule has 1 aliphatic rings. The monoisotopic (exact) mass is 206 g/mol. The molecule has 0 amide bonds. The van der Waals surface area contributed by atoms with Gasteiger partial charge in [-0.3, -0.25) is 4.79 Å². The van der Waals surface area contributed by atoms with E-state index < -0.39 is 0 Å². The van der Waals surface area contributed by atoms with Crippen molar-refractivity contribution in [1.82, 2.24) is 0 Å². The summed E-state index contributed by atoms with van der Waals surface area (Å²) in [7, 11) is 0. The number of benzene rings is 1. The van der Waals surface area contributed by atoms with Crippen LogP contribution in [0.5, 0.6) is 0 Å². The molecule has 2 rings (SSSR count). The lowest BCUT2D eigenvalue weighted by atomic mass is 9.87. The summed E-state index contributed by atoms with van der Waals surface area (Å²) in [6, 6.07) is 5.86.